The zero-order valence-electron chi connectivity index (χ0n) is 7.77. The van der Waals surface area contributed by atoms with Crippen LogP contribution in [0.15, 0.2) is 23.7 Å². The lowest BCUT2D eigenvalue weighted by Gasteiger charge is -2.38. The Morgan fingerprint density at radius 1 is 1.57 bits per heavy atom. The Bertz CT molecular complexity index is 395. The summed E-state index contributed by atoms with van der Waals surface area (Å²) in [7, 11) is 0. The zero-order chi connectivity index (χ0) is 9.60. The van der Waals surface area contributed by atoms with E-state index in [1.165, 1.54) is 0 Å². The summed E-state index contributed by atoms with van der Waals surface area (Å²) in [5.41, 5.74) is -0.344. The summed E-state index contributed by atoms with van der Waals surface area (Å²) in [6.45, 7) is 0. The Kier molecular flexibility index (Phi) is 1.65. The maximum absolute atomic E-state index is 12.0. The largest absolute Gasteiger partial charge is 0.298 e. The van der Waals surface area contributed by atoms with Crippen LogP contribution in [0.3, 0.4) is 0 Å². The Balaban J connectivity index is 2.14. The molecular formula is C11H11NOS. The van der Waals surface area contributed by atoms with E-state index in [0.29, 0.717) is 11.7 Å². The maximum atomic E-state index is 12.0. The molecule has 0 radical (unpaired) electrons. The molecule has 3 aliphatic rings. The van der Waals surface area contributed by atoms with Crippen LogP contribution in [-0.2, 0) is 10.2 Å². The van der Waals surface area contributed by atoms with Crippen molar-refractivity contribution in [3.63, 3.8) is 0 Å². The van der Waals surface area contributed by atoms with Crippen molar-refractivity contribution in [3.05, 3.63) is 28.7 Å². The molecular weight excluding hydrogens is 194 g/mol. The fourth-order valence-corrected chi connectivity index (χ4v) is 3.32. The number of carbonyl (C=O) groups excluding carboxylic acids is 1. The topological polar surface area (TPSA) is 30.0 Å². The molecule has 14 heavy (non-hydrogen) atoms. The van der Waals surface area contributed by atoms with E-state index >= 15 is 0 Å². The van der Waals surface area contributed by atoms with E-state index in [2.05, 4.69) is 17.1 Å². The van der Waals surface area contributed by atoms with E-state index in [4.69, 9.17) is 0 Å². The fraction of sp³-hybridized carbons (Fsp3) is 0.455. The number of allylic oxidation sites excluding steroid dienone is 2. The second kappa shape index (κ2) is 2.76. The van der Waals surface area contributed by atoms with E-state index < -0.39 is 0 Å². The quantitative estimate of drug-likeness (QED) is 0.658. The lowest BCUT2D eigenvalue weighted by Crippen LogP contribution is -2.42. The smallest absolute Gasteiger partial charge is 0.150 e. The van der Waals surface area contributed by atoms with E-state index in [0.717, 1.165) is 24.3 Å². The van der Waals surface area contributed by atoms with Crippen LogP contribution in [-0.4, -0.2) is 10.8 Å². The molecule has 1 aromatic heterocycles. The number of ketones is 1. The number of carbonyl (C=O) groups is 1. The van der Waals surface area contributed by atoms with Crippen molar-refractivity contribution in [2.45, 2.75) is 24.7 Å². The number of fused-ring (bicyclic) bond motifs is 2. The number of rotatable bonds is 1. The summed E-state index contributed by atoms with van der Waals surface area (Å²) >= 11 is 1.60. The highest BCUT2D eigenvalue weighted by atomic mass is 32.1. The summed E-state index contributed by atoms with van der Waals surface area (Å²) in [4.78, 5) is 16.3. The summed E-state index contributed by atoms with van der Waals surface area (Å²) in [6, 6.07) is 0. The molecule has 2 nitrogen and oxygen atoms in total. The van der Waals surface area contributed by atoms with Crippen molar-refractivity contribution in [1.29, 1.82) is 0 Å². The summed E-state index contributed by atoms with van der Waals surface area (Å²) in [6.07, 6.45) is 8.90. The minimum atomic E-state index is -0.344. The second-order valence-electron chi connectivity index (χ2n) is 4.09. The van der Waals surface area contributed by atoms with Crippen LogP contribution < -0.4 is 0 Å². The third kappa shape index (κ3) is 0.960. The second-order valence-corrected chi connectivity index (χ2v) is 4.99. The van der Waals surface area contributed by atoms with E-state index in [1.807, 2.05) is 5.38 Å². The minimum absolute atomic E-state index is 0.344. The molecule has 4 rings (SSSR count). The molecule has 2 unspecified atom stereocenters. The lowest BCUT2D eigenvalue weighted by molar-refractivity contribution is -0.126. The van der Waals surface area contributed by atoms with Crippen molar-refractivity contribution < 1.29 is 4.79 Å². The first-order valence-corrected chi connectivity index (χ1v) is 5.82. The van der Waals surface area contributed by atoms with Gasteiger partial charge in [-0.05, 0) is 18.8 Å². The highest BCUT2D eigenvalue weighted by molar-refractivity contribution is 7.09. The molecule has 3 heteroatoms. The molecule has 72 valence electrons. The van der Waals surface area contributed by atoms with Gasteiger partial charge in [-0.1, -0.05) is 12.2 Å². The third-order valence-electron chi connectivity index (χ3n) is 3.32. The van der Waals surface area contributed by atoms with Gasteiger partial charge < -0.3 is 0 Å². The number of hydrogen-bond acceptors (Lipinski definition) is 3. The Hall–Kier alpha value is -0.960. The van der Waals surface area contributed by atoms with Gasteiger partial charge >= 0.3 is 0 Å². The normalized spacial score (nSPS) is 35.1. The van der Waals surface area contributed by atoms with Gasteiger partial charge in [-0.2, -0.15) is 0 Å². The monoisotopic (exact) mass is 205 g/mol. The molecule has 1 fully saturated rings. The standard InChI is InChI=1S/C11H11NOS/c13-9-7-8-1-3-11(9,4-2-8)10-12-5-6-14-10/h1,3,5-6,8H,2,4,7H2. The summed E-state index contributed by atoms with van der Waals surface area (Å²) in [5, 5.41) is 2.93. The molecule has 1 heterocycles. The van der Waals surface area contributed by atoms with Crippen molar-refractivity contribution >= 4 is 17.1 Å². The molecule has 2 atom stereocenters. The van der Waals surface area contributed by atoms with Crippen LogP contribution in [0.5, 0.6) is 0 Å². The first-order chi connectivity index (χ1) is 6.81. The SMILES string of the molecule is O=C1CC2C=CC1(c1nccs1)CC2. The zero-order valence-corrected chi connectivity index (χ0v) is 8.59. The Morgan fingerprint density at radius 3 is 3.07 bits per heavy atom. The first kappa shape index (κ1) is 8.36. The number of hydrogen-bond donors (Lipinski definition) is 0. The van der Waals surface area contributed by atoms with Crippen molar-refractivity contribution in [1.82, 2.24) is 4.98 Å². The van der Waals surface area contributed by atoms with Crippen LogP contribution >= 0.6 is 11.3 Å². The van der Waals surface area contributed by atoms with Gasteiger partial charge in [0.1, 0.15) is 10.8 Å². The fourth-order valence-electron chi connectivity index (χ4n) is 2.46. The summed E-state index contributed by atoms with van der Waals surface area (Å²) in [5.74, 6) is 0.871. The van der Waals surface area contributed by atoms with Crippen molar-refractivity contribution in [3.8, 4) is 0 Å². The molecule has 0 spiro atoms. The van der Waals surface area contributed by atoms with Crippen LogP contribution in [0.1, 0.15) is 24.3 Å². The van der Waals surface area contributed by atoms with E-state index in [-0.39, 0.29) is 5.41 Å². The molecule has 0 amide bonds. The maximum Gasteiger partial charge on any atom is 0.150 e. The molecule has 0 aliphatic heterocycles. The number of aromatic nitrogens is 1. The number of nitrogens with zero attached hydrogens (tertiary/aromatic N) is 1. The number of thiazole rings is 1. The van der Waals surface area contributed by atoms with Gasteiger partial charge in [0.15, 0.2) is 0 Å². The highest BCUT2D eigenvalue weighted by Crippen LogP contribution is 2.45. The molecule has 2 bridgehead atoms. The van der Waals surface area contributed by atoms with Gasteiger partial charge in [-0.15, -0.1) is 11.3 Å². The van der Waals surface area contributed by atoms with Gasteiger partial charge in [0.05, 0.1) is 5.41 Å². The third-order valence-corrected chi connectivity index (χ3v) is 4.27. The Labute approximate surface area is 86.7 Å². The van der Waals surface area contributed by atoms with Gasteiger partial charge in [0.2, 0.25) is 0 Å². The molecule has 0 saturated heterocycles. The average molecular weight is 205 g/mol. The van der Waals surface area contributed by atoms with Crippen LogP contribution in [0.2, 0.25) is 0 Å². The van der Waals surface area contributed by atoms with Crippen LogP contribution in [0.25, 0.3) is 0 Å². The van der Waals surface area contributed by atoms with Crippen LogP contribution in [0.4, 0.5) is 0 Å². The lowest BCUT2D eigenvalue weighted by atomic mass is 9.65. The van der Waals surface area contributed by atoms with Crippen molar-refractivity contribution in [2.24, 2.45) is 5.92 Å². The molecule has 0 aromatic carbocycles. The summed E-state index contributed by atoms with van der Waals surface area (Å²) < 4.78 is 0. The molecule has 3 aliphatic carbocycles. The molecule has 0 N–H and O–H groups in total. The predicted molar refractivity (Wildman–Crippen MR) is 55.3 cm³/mol. The number of Topliss-reactive ketones (excluding diaryl/α,β-unsaturated/α-hetero) is 1. The van der Waals surface area contributed by atoms with E-state index in [9.17, 15) is 4.79 Å². The van der Waals surface area contributed by atoms with Gasteiger partial charge in [0, 0.05) is 18.0 Å². The minimum Gasteiger partial charge on any atom is -0.298 e. The highest BCUT2D eigenvalue weighted by Gasteiger charge is 2.46. The molecule has 1 aromatic rings. The predicted octanol–water partition coefficient (Wildman–Crippen LogP) is 2.32. The van der Waals surface area contributed by atoms with Crippen LogP contribution in [0, 0.1) is 5.92 Å². The van der Waals surface area contributed by atoms with Gasteiger partial charge in [-0.25, -0.2) is 4.98 Å². The first-order valence-electron chi connectivity index (χ1n) is 4.94. The van der Waals surface area contributed by atoms with Crippen molar-refractivity contribution in [2.75, 3.05) is 0 Å². The van der Waals surface area contributed by atoms with E-state index in [1.54, 1.807) is 17.5 Å². The van der Waals surface area contributed by atoms with Gasteiger partial charge in [-0.3, -0.25) is 4.79 Å². The Morgan fingerprint density at radius 2 is 2.50 bits per heavy atom. The molecule has 1 saturated carbocycles. The van der Waals surface area contributed by atoms with Gasteiger partial charge in [0.25, 0.3) is 0 Å². The average Bonchev–Trinajstić information content (AvgIpc) is 2.72.